The molecule has 0 atom stereocenters. The van der Waals surface area contributed by atoms with Gasteiger partial charge in [-0.25, -0.2) is 0 Å². The highest BCUT2D eigenvalue weighted by Gasteiger charge is 2.02. The summed E-state index contributed by atoms with van der Waals surface area (Å²) in [7, 11) is 1.63. The normalized spacial score (nSPS) is 10.3. The summed E-state index contributed by atoms with van der Waals surface area (Å²) in [6.45, 7) is 1.16. The van der Waals surface area contributed by atoms with E-state index in [1.807, 2.05) is 48.5 Å². The summed E-state index contributed by atoms with van der Waals surface area (Å²) in [5, 5.41) is 3.65. The second-order valence-electron chi connectivity index (χ2n) is 5.28. The van der Waals surface area contributed by atoms with Crippen LogP contribution in [0.15, 0.2) is 53.4 Å². The first-order valence-corrected chi connectivity index (χ1v) is 9.45. The molecule has 0 bridgehead atoms. The molecule has 0 heterocycles. The molecule has 25 heavy (non-hydrogen) atoms. The summed E-state index contributed by atoms with van der Waals surface area (Å²) in [6, 6.07) is 15.1. The molecule has 0 unspecified atom stereocenters. The third-order valence-electron chi connectivity index (χ3n) is 3.38. The maximum Gasteiger partial charge on any atom is 0.220 e. The van der Waals surface area contributed by atoms with E-state index in [-0.39, 0.29) is 5.91 Å². The van der Waals surface area contributed by atoms with Crippen molar-refractivity contribution >= 4 is 29.3 Å². The lowest BCUT2D eigenvalue weighted by Gasteiger charge is -2.08. The van der Waals surface area contributed by atoms with Crippen molar-refractivity contribution in [2.75, 3.05) is 26.0 Å². The van der Waals surface area contributed by atoms with Gasteiger partial charge in [0.15, 0.2) is 0 Å². The van der Waals surface area contributed by atoms with Gasteiger partial charge in [-0.3, -0.25) is 4.79 Å². The molecule has 6 heteroatoms. The average Bonchev–Trinajstić information content (AvgIpc) is 2.64. The average molecular weight is 380 g/mol. The Hall–Kier alpha value is -1.85. The first-order chi connectivity index (χ1) is 12.2. The molecule has 0 radical (unpaired) electrons. The Balaban J connectivity index is 1.52. The summed E-state index contributed by atoms with van der Waals surface area (Å²) < 4.78 is 10.7. The lowest BCUT2D eigenvalue weighted by Crippen LogP contribution is -2.25. The zero-order valence-electron chi connectivity index (χ0n) is 14.2. The van der Waals surface area contributed by atoms with Crippen LogP contribution >= 0.6 is 23.4 Å². The fraction of sp³-hybridized carbons (Fsp3) is 0.316. The van der Waals surface area contributed by atoms with E-state index in [4.69, 9.17) is 21.1 Å². The topological polar surface area (TPSA) is 47.6 Å². The minimum Gasteiger partial charge on any atom is -0.497 e. The Morgan fingerprint density at radius 2 is 1.76 bits per heavy atom. The molecule has 0 fully saturated rings. The highest BCUT2D eigenvalue weighted by molar-refractivity contribution is 7.99. The molecule has 4 nitrogen and oxygen atoms in total. The lowest BCUT2D eigenvalue weighted by molar-refractivity contribution is -0.121. The largest absolute Gasteiger partial charge is 0.497 e. The van der Waals surface area contributed by atoms with Crippen molar-refractivity contribution < 1.29 is 14.3 Å². The van der Waals surface area contributed by atoms with E-state index in [1.54, 1.807) is 18.9 Å². The second kappa shape index (κ2) is 10.9. The number of hydrogen-bond acceptors (Lipinski definition) is 4. The smallest absolute Gasteiger partial charge is 0.220 e. The van der Waals surface area contributed by atoms with E-state index in [0.717, 1.165) is 27.2 Å². The van der Waals surface area contributed by atoms with Crippen LogP contribution in [0.1, 0.15) is 12.8 Å². The molecule has 1 N–H and O–H groups in total. The molecule has 2 aromatic rings. The molecule has 0 aromatic heterocycles. The minimum absolute atomic E-state index is 0.0510. The molecule has 0 aliphatic heterocycles. The zero-order chi connectivity index (χ0) is 17.9. The Morgan fingerprint density at radius 3 is 2.44 bits per heavy atom. The van der Waals surface area contributed by atoms with Crippen LogP contribution in [0.5, 0.6) is 11.5 Å². The van der Waals surface area contributed by atoms with Crippen molar-refractivity contribution in [3.63, 3.8) is 0 Å². The predicted molar refractivity (Wildman–Crippen MR) is 103 cm³/mol. The SMILES string of the molecule is COc1ccc(OCCCC(=O)NCCSc2ccc(Cl)cc2)cc1. The molecular formula is C19H22ClNO3S. The van der Waals surface area contributed by atoms with Gasteiger partial charge in [-0.05, 0) is 55.0 Å². The minimum atomic E-state index is 0.0510. The van der Waals surface area contributed by atoms with Crippen molar-refractivity contribution in [2.45, 2.75) is 17.7 Å². The quantitative estimate of drug-likeness (QED) is 0.490. The van der Waals surface area contributed by atoms with Gasteiger partial charge in [-0.2, -0.15) is 0 Å². The van der Waals surface area contributed by atoms with Crippen LogP contribution < -0.4 is 14.8 Å². The first kappa shape index (κ1) is 19.5. The number of amides is 1. The molecule has 2 rings (SSSR count). The summed E-state index contributed by atoms with van der Waals surface area (Å²) in [6.07, 6.45) is 1.14. The van der Waals surface area contributed by atoms with Gasteiger partial charge in [-0.15, -0.1) is 11.8 Å². The Labute approximate surface area is 157 Å². The van der Waals surface area contributed by atoms with Crippen LogP contribution in [0.4, 0.5) is 0 Å². The van der Waals surface area contributed by atoms with Crippen LogP contribution in [0.25, 0.3) is 0 Å². The van der Waals surface area contributed by atoms with Gasteiger partial charge >= 0.3 is 0 Å². The Kier molecular flexibility index (Phi) is 8.49. The number of rotatable bonds is 10. The molecule has 0 aliphatic carbocycles. The molecule has 1 amide bonds. The van der Waals surface area contributed by atoms with E-state index < -0.39 is 0 Å². The number of carbonyl (C=O) groups excluding carboxylic acids is 1. The number of carbonyl (C=O) groups is 1. The van der Waals surface area contributed by atoms with E-state index in [9.17, 15) is 4.79 Å². The monoisotopic (exact) mass is 379 g/mol. The van der Waals surface area contributed by atoms with Gasteiger partial charge in [-0.1, -0.05) is 11.6 Å². The molecule has 0 aliphatic rings. The first-order valence-electron chi connectivity index (χ1n) is 8.09. The van der Waals surface area contributed by atoms with Gasteiger partial charge in [0.05, 0.1) is 13.7 Å². The summed E-state index contributed by atoms with van der Waals surface area (Å²) in [4.78, 5) is 12.9. The van der Waals surface area contributed by atoms with E-state index >= 15 is 0 Å². The van der Waals surface area contributed by atoms with Gasteiger partial charge < -0.3 is 14.8 Å². The molecular weight excluding hydrogens is 358 g/mol. The van der Waals surface area contributed by atoms with Crippen molar-refractivity contribution in [1.29, 1.82) is 0 Å². The maximum atomic E-state index is 11.8. The third-order valence-corrected chi connectivity index (χ3v) is 4.65. The van der Waals surface area contributed by atoms with Crippen LogP contribution in [0.3, 0.4) is 0 Å². The third kappa shape index (κ3) is 7.71. The Morgan fingerprint density at radius 1 is 1.08 bits per heavy atom. The fourth-order valence-corrected chi connectivity index (χ4v) is 2.97. The Bertz CT molecular complexity index is 647. The number of halogens is 1. The van der Waals surface area contributed by atoms with Crippen LogP contribution in [0, 0.1) is 0 Å². The standard InChI is InChI=1S/C19H22ClNO3S/c1-23-16-6-8-17(9-7-16)24-13-2-3-19(22)21-12-14-25-18-10-4-15(20)5-11-18/h4-11H,2-3,12-14H2,1H3,(H,21,22). The number of hydrogen-bond donors (Lipinski definition) is 1. The highest BCUT2D eigenvalue weighted by atomic mass is 35.5. The summed E-state index contributed by atoms with van der Waals surface area (Å²) in [5.74, 6) is 2.45. The molecule has 0 saturated heterocycles. The number of benzene rings is 2. The number of methoxy groups -OCH3 is 1. The molecule has 0 spiro atoms. The lowest BCUT2D eigenvalue weighted by atomic mass is 10.3. The van der Waals surface area contributed by atoms with Gasteiger partial charge in [0.1, 0.15) is 11.5 Å². The zero-order valence-corrected chi connectivity index (χ0v) is 15.7. The van der Waals surface area contributed by atoms with Crippen LogP contribution in [-0.2, 0) is 4.79 Å². The van der Waals surface area contributed by atoms with Gasteiger partial charge in [0.25, 0.3) is 0 Å². The fourth-order valence-electron chi connectivity index (χ4n) is 2.07. The van der Waals surface area contributed by atoms with Crippen molar-refractivity contribution in [2.24, 2.45) is 0 Å². The van der Waals surface area contributed by atoms with Crippen molar-refractivity contribution in [3.05, 3.63) is 53.6 Å². The number of ether oxygens (including phenoxy) is 2. The van der Waals surface area contributed by atoms with Gasteiger partial charge in [0.2, 0.25) is 5.91 Å². The summed E-state index contributed by atoms with van der Waals surface area (Å²) in [5.41, 5.74) is 0. The van der Waals surface area contributed by atoms with Crippen LogP contribution in [0.2, 0.25) is 5.02 Å². The molecule has 0 saturated carbocycles. The van der Waals surface area contributed by atoms with Gasteiger partial charge in [0, 0.05) is 28.6 Å². The van der Waals surface area contributed by atoms with Crippen molar-refractivity contribution in [3.8, 4) is 11.5 Å². The van der Waals surface area contributed by atoms with E-state index in [2.05, 4.69) is 5.32 Å². The van der Waals surface area contributed by atoms with E-state index in [0.29, 0.717) is 26.0 Å². The highest BCUT2D eigenvalue weighted by Crippen LogP contribution is 2.19. The second-order valence-corrected chi connectivity index (χ2v) is 6.88. The number of nitrogens with one attached hydrogen (secondary N) is 1. The molecule has 2 aromatic carbocycles. The van der Waals surface area contributed by atoms with Crippen molar-refractivity contribution in [1.82, 2.24) is 5.32 Å². The van der Waals surface area contributed by atoms with E-state index in [1.165, 1.54) is 0 Å². The maximum absolute atomic E-state index is 11.8. The van der Waals surface area contributed by atoms with Crippen LogP contribution in [-0.4, -0.2) is 31.9 Å². The molecule has 134 valence electrons. The predicted octanol–water partition coefficient (Wildman–Crippen LogP) is 4.42. The number of thioether (sulfide) groups is 1. The summed E-state index contributed by atoms with van der Waals surface area (Å²) >= 11 is 7.54.